The molecule has 1 aliphatic carbocycles. The molecule has 214 valence electrons. The molecular formula is C31H37N7O3. The molecule has 10 heteroatoms. The number of amides is 1. The second-order valence-corrected chi connectivity index (χ2v) is 11.5. The van der Waals surface area contributed by atoms with Crippen molar-refractivity contribution in [3.63, 3.8) is 0 Å². The second-order valence-electron chi connectivity index (χ2n) is 11.5. The lowest BCUT2D eigenvalue weighted by atomic mass is 9.85. The van der Waals surface area contributed by atoms with Gasteiger partial charge in [-0.2, -0.15) is 0 Å². The van der Waals surface area contributed by atoms with Crippen LogP contribution in [0.1, 0.15) is 95.9 Å². The predicted molar refractivity (Wildman–Crippen MR) is 156 cm³/mol. The molecule has 2 saturated heterocycles. The van der Waals surface area contributed by atoms with Crippen LogP contribution in [0.2, 0.25) is 0 Å². The molecule has 2 atom stereocenters. The summed E-state index contributed by atoms with van der Waals surface area (Å²) in [6.45, 7) is 4.35. The highest BCUT2D eigenvalue weighted by Crippen LogP contribution is 2.40. The molecule has 0 radical (unpaired) electrons. The number of ether oxygens (including phenoxy) is 1. The number of hydrogen-bond acceptors (Lipinski definition) is 9. The van der Waals surface area contributed by atoms with Crippen LogP contribution < -0.4 is 16.0 Å². The highest BCUT2D eigenvalue weighted by atomic mass is 16.5. The number of nitrogens with zero attached hydrogens (tertiary/aromatic N) is 5. The smallest absolute Gasteiger partial charge is 0.271 e. The molecule has 0 spiro atoms. The highest BCUT2D eigenvalue weighted by Gasteiger charge is 2.32. The lowest BCUT2D eigenvalue weighted by molar-refractivity contribution is 0.0836. The zero-order valence-electron chi connectivity index (χ0n) is 23.5. The summed E-state index contributed by atoms with van der Waals surface area (Å²) in [7, 11) is 0. The first-order valence-corrected chi connectivity index (χ1v) is 14.7. The molecule has 1 aromatic carbocycles. The highest BCUT2D eigenvalue weighted by molar-refractivity contribution is 5.97. The number of benzene rings is 1. The van der Waals surface area contributed by atoms with Crippen LogP contribution in [-0.2, 0) is 4.74 Å². The zero-order valence-corrected chi connectivity index (χ0v) is 23.5. The maximum atomic E-state index is 13.2. The van der Waals surface area contributed by atoms with E-state index in [2.05, 4.69) is 44.2 Å². The maximum Gasteiger partial charge on any atom is 0.271 e. The number of aromatic nitrogens is 4. The summed E-state index contributed by atoms with van der Waals surface area (Å²) in [6, 6.07) is 8.24. The summed E-state index contributed by atoms with van der Waals surface area (Å²) in [5.41, 5.74) is 8.39. The van der Waals surface area contributed by atoms with Gasteiger partial charge >= 0.3 is 0 Å². The Hall–Kier alpha value is -3.92. The summed E-state index contributed by atoms with van der Waals surface area (Å²) < 4.78 is 5.44. The Labute approximate surface area is 240 Å². The molecule has 4 heterocycles. The average molecular weight is 556 g/mol. The maximum absolute atomic E-state index is 13.2. The van der Waals surface area contributed by atoms with Crippen LogP contribution in [0.4, 0.5) is 17.3 Å². The van der Waals surface area contributed by atoms with Crippen LogP contribution in [-0.4, -0.2) is 57.4 Å². The van der Waals surface area contributed by atoms with Gasteiger partial charge in [0, 0.05) is 43.7 Å². The van der Waals surface area contributed by atoms with E-state index in [1.807, 2.05) is 12.1 Å². The van der Waals surface area contributed by atoms with Crippen LogP contribution in [0, 0.1) is 5.92 Å². The van der Waals surface area contributed by atoms with E-state index in [0.29, 0.717) is 23.8 Å². The van der Waals surface area contributed by atoms with Crippen LogP contribution in [0.3, 0.4) is 0 Å². The van der Waals surface area contributed by atoms with E-state index in [1.54, 1.807) is 18.6 Å². The van der Waals surface area contributed by atoms with Crippen molar-refractivity contribution >= 4 is 29.0 Å². The number of nitrogens with one attached hydrogen (secondary N) is 1. The zero-order chi connectivity index (χ0) is 28.3. The van der Waals surface area contributed by atoms with Gasteiger partial charge in [0.05, 0.1) is 24.3 Å². The number of anilines is 3. The van der Waals surface area contributed by atoms with Gasteiger partial charge in [-0.1, -0.05) is 24.3 Å². The molecular weight excluding hydrogens is 518 g/mol. The van der Waals surface area contributed by atoms with Crippen molar-refractivity contribution in [3.05, 3.63) is 65.5 Å². The number of Topliss-reactive ketones (excluding diaryl/α,β-unsaturated/α-hetero) is 1. The normalized spacial score (nSPS) is 21.4. The number of carbonyl (C=O) groups excluding carboxylic acids is 2. The van der Waals surface area contributed by atoms with Gasteiger partial charge < -0.3 is 20.7 Å². The second kappa shape index (κ2) is 11.9. The molecule has 2 aliphatic heterocycles. The minimum atomic E-state index is -0.672. The van der Waals surface area contributed by atoms with Crippen molar-refractivity contribution < 1.29 is 14.3 Å². The van der Waals surface area contributed by atoms with Gasteiger partial charge in [0.15, 0.2) is 17.3 Å². The van der Waals surface area contributed by atoms with E-state index in [4.69, 9.17) is 15.5 Å². The molecule has 0 unspecified atom stereocenters. The molecule has 41 heavy (non-hydrogen) atoms. The first-order valence-electron chi connectivity index (χ1n) is 14.7. The van der Waals surface area contributed by atoms with Crippen molar-refractivity contribution in [1.82, 2.24) is 19.9 Å². The Balaban J connectivity index is 1.16. The minimum absolute atomic E-state index is 0.0493. The number of primary amides is 1. The standard InChI is InChI=1S/C31H37N7O3/c1-19-24(15-26(39)22-8-6-21(7-9-22)20-4-5-20)3-2-12-38(19)27-18-33-28(29(32)40)31(37-27)36-25-16-34-30(35-17-25)23-10-13-41-14-11-23/h6-9,16-20,23-24H,2-5,10-15H2,1H3,(H2,32,40)(H,36,37)/t19-,24+/m1/s1. The fourth-order valence-electron chi connectivity index (χ4n) is 6.02. The molecule has 3 fully saturated rings. The Bertz CT molecular complexity index is 1390. The minimum Gasteiger partial charge on any atom is -0.381 e. The molecule has 2 aromatic heterocycles. The predicted octanol–water partition coefficient (Wildman–Crippen LogP) is 4.76. The first-order chi connectivity index (χ1) is 20.0. The van der Waals surface area contributed by atoms with E-state index in [0.717, 1.165) is 56.8 Å². The molecule has 10 nitrogen and oxygen atoms in total. The van der Waals surface area contributed by atoms with Gasteiger partial charge in [0.2, 0.25) is 0 Å². The number of carbonyl (C=O) groups is 2. The number of nitrogens with two attached hydrogens (primary N) is 1. The van der Waals surface area contributed by atoms with E-state index >= 15 is 0 Å². The molecule has 0 bridgehead atoms. The van der Waals surface area contributed by atoms with Crippen molar-refractivity contribution in [3.8, 4) is 0 Å². The van der Waals surface area contributed by atoms with E-state index in [-0.39, 0.29) is 35.2 Å². The molecule has 6 rings (SSSR count). The van der Waals surface area contributed by atoms with Gasteiger partial charge in [0.25, 0.3) is 5.91 Å². The third-order valence-electron chi connectivity index (χ3n) is 8.69. The van der Waals surface area contributed by atoms with E-state index in [9.17, 15) is 9.59 Å². The molecule has 1 saturated carbocycles. The van der Waals surface area contributed by atoms with Crippen LogP contribution in [0.15, 0.2) is 42.9 Å². The Kier molecular flexibility index (Phi) is 7.91. The third kappa shape index (κ3) is 6.22. The van der Waals surface area contributed by atoms with Crippen molar-refractivity contribution in [1.29, 1.82) is 0 Å². The number of rotatable bonds is 9. The quantitative estimate of drug-likeness (QED) is 0.358. The Morgan fingerprint density at radius 3 is 2.39 bits per heavy atom. The Morgan fingerprint density at radius 1 is 0.976 bits per heavy atom. The van der Waals surface area contributed by atoms with E-state index in [1.165, 1.54) is 18.4 Å². The largest absolute Gasteiger partial charge is 0.381 e. The average Bonchev–Trinajstić information content (AvgIpc) is 3.85. The molecule has 3 aromatic rings. The van der Waals surface area contributed by atoms with Gasteiger partial charge in [-0.3, -0.25) is 9.59 Å². The summed E-state index contributed by atoms with van der Waals surface area (Å²) in [5, 5.41) is 3.16. The SMILES string of the molecule is C[C@@H]1[C@H](CC(=O)c2ccc(C3CC3)cc2)CCCN1c1cnc(C(N)=O)c(Nc2cnc(C3CCOCC3)nc2)n1. The Morgan fingerprint density at radius 2 is 1.71 bits per heavy atom. The van der Waals surface area contributed by atoms with Crippen LogP contribution in [0.25, 0.3) is 0 Å². The molecule has 1 amide bonds. The van der Waals surface area contributed by atoms with Crippen molar-refractivity contribution in [2.24, 2.45) is 11.7 Å². The van der Waals surface area contributed by atoms with Crippen LogP contribution in [0.5, 0.6) is 0 Å². The van der Waals surface area contributed by atoms with Gasteiger partial charge in [0.1, 0.15) is 11.6 Å². The van der Waals surface area contributed by atoms with Gasteiger partial charge in [-0.25, -0.2) is 19.9 Å². The van der Waals surface area contributed by atoms with Crippen LogP contribution >= 0.6 is 0 Å². The topological polar surface area (TPSA) is 136 Å². The third-order valence-corrected chi connectivity index (χ3v) is 8.69. The summed E-state index contributed by atoms with van der Waals surface area (Å²) >= 11 is 0. The lowest BCUT2D eigenvalue weighted by Gasteiger charge is -2.40. The van der Waals surface area contributed by atoms with Crippen molar-refractivity contribution in [2.75, 3.05) is 30.0 Å². The monoisotopic (exact) mass is 555 g/mol. The summed E-state index contributed by atoms with van der Waals surface area (Å²) in [5.74, 6) is 2.33. The first kappa shape index (κ1) is 27.3. The number of hydrogen-bond donors (Lipinski definition) is 2. The number of piperidine rings is 1. The number of ketones is 1. The molecule has 3 aliphatic rings. The van der Waals surface area contributed by atoms with Gasteiger partial charge in [-0.15, -0.1) is 0 Å². The summed E-state index contributed by atoms with van der Waals surface area (Å²) in [4.78, 5) is 45.8. The fraction of sp³-hybridized carbons (Fsp3) is 0.484. The van der Waals surface area contributed by atoms with Gasteiger partial charge in [-0.05, 0) is 62.8 Å². The van der Waals surface area contributed by atoms with Crippen molar-refractivity contribution in [2.45, 2.75) is 69.7 Å². The lowest BCUT2D eigenvalue weighted by Crippen LogP contribution is -2.44. The fourth-order valence-corrected chi connectivity index (χ4v) is 6.02. The van der Waals surface area contributed by atoms with E-state index < -0.39 is 5.91 Å². The molecule has 3 N–H and O–H groups in total. The summed E-state index contributed by atoms with van der Waals surface area (Å²) in [6.07, 6.45) is 11.7.